The number of benzene rings is 3. The van der Waals surface area contributed by atoms with Gasteiger partial charge in [-0.05, 0) is 54.1 Å². The summed E-state index contributed by atoms with van der Waals surface area (Å²) in [6, 6.07) is 17.0. The van der Waals surface area contributed by atoms with Crippen LogP contribution in [0.25, 0.3) is 6.08 Å². The van der Waals surface area contributed by atoms with Gasteiger partial charge < -0.3 is 18.9 Å². The Morgan fingerprint density at radius 2 is 1.73 bits per heavy atom. The molecule has 0 bridgehead atoms. The fourth-order valence-corrected chi connectivity index (χ4v) is 3.14. The highest BCUT2D eigenvalue weighted by atomic mass is 19.1. The summed E-state index contributed by atoms with van der Waals surface area (Å²) in [7, 11) is 2.89. The van der Waals surface area contributed by atoms with Crippen molar-refractivity contribution < 1.29 is 32.9 Å². The van der Waals surface area contributed by atoms with E-state index in [9.17, 15) is 14.0 Å². The lowest BCUT2D eigenvalue weighted by atomic mass is 10.1. The summed E-state index contributed by atoms with van der Waals surface area (Å²) < 4.78 is 34.6. The summed E-state index contributed by atoms with van der Waals surface area (Å²) in [5, 5.41) is 0. The van der Waals surface area contributed by atoms with Crippen LogP contribution in [-0.4, -0.2) is 32.1 Å². The Kier molecular flexibility index (Phi) is 6.17. The predicted molar refractivity (Wildman–Crippen MR) is 118 cm³/mol. The Morgan fingerprint density at radius 1 is 0.939 bits per heavy atom. The molecule has 1 aliphatic rings. The molecule has 4 rings (SSSR count). The lowest BCUT2D eigenvalue weighted by molar-refractivity contribution is -0.129. The Morgan fingerprint density at radius 3 is 2.48 bits per heavy atom. The van der Waals surface area contributed by atoms with Gasteiger partial charge in [0, 0.05) is 5.56 Å². The third-order valence-corrected chi connectivity index (χ3v) is 4.71. The predicted octanol–water partition coefficient (Wildman–Crippen LogP) is 4.41. The zero-order valence-corrected chi connectivity index (χ0v) is 17.7. The molecule has 0 N–H and O–H groups in total. The first-order valence-corrected chi connectivity index (χ1v) is 9.80. The van der Waals surface area contributed by atoms with Gasteiger partial charge in [-0.3, -0.25) is 0 Å². The van der Waals surface area contributed by atoms with Crippen molar-refractivity contribution in [3.05, 3.63) is 94.9 Å². The molecule has 0 unspecified atom stereocenters. The van der Waals surface area contributed by atoms with Crippen LogP contribution in [0.5, 0.6) is 17.2 Å². The number of esters is 2. The molecule has 8 heteroatoms. The van der Waals surface area contributed by atoms with Gasteiger partial charge in [-0.25, -0.2) is 19.0 Å². The van der Waals surface area contributed by atoms with E-state index >= 15 is 0 Å². The maximum atomic E-state index is 13.5. The smallest absolute Gasteiger partial charge is 0.363 e. The van der Waals surface area contributed by atoms with E-state index in [1.807, 2.05) is 0 Å². The second kappa shape index (κ2) is 9.35. The van der Waals surface area contributed by atoms with Gasteiger partial charge in [-0.1, -0.05) is 24.3 Å². The fraction of sp³-hybridized carbons (Fsp3) is 0.0800. The molecule has 33 heavy (non-hydrogen) atoms. The Hall–Kier alpha value is -4.46. The van der Waals surface area contributed by atoms with Crippen molar-refractivity contribution in [1.82, 2.24) is 0 Å². The summed E-state index contributed by atoms with van der Waals surface area (Å²) >= 11 is 0. The molecule has 1 aliphatic heterocycles. The van der Waals surface area contributed by atoms with Crippen LogP contribution in [0.3, 0.4) is 0 Å². The number of para-hydroxylation sites is 1. The van der Waals surface area contributed by atoms with Gasteiger partial charge in [0.2, 0.25) is 5.90 Å². The summed E-state index contributed by atoms with van der Waals surface area (Å²) in [6.07, 6.45) is 1.49. The van der Waals surface area contributed by atoms with Crippen LogP contribution in [0.15, 0.2) is 77.4 Å². The Bertz CT molecular complexity index is 1300. The average molecular weight is 447 g/mol. The molecule has 1 heterocycles. The van der Waals surface area contributed by atoms with Crippen LogP contribution < -0.4 is 14.2 Å². The van der Waals surface area contributed by atoms with Gasteiger partial charge in [0.05, 0.1) is 14.2 Å². The van der Waals surface area contributed by atoms with E-state index in [0.29, 0.717) is 16.9 Å². The monoisotopic (exact) mass is 447 g/mol. The standard InChI is InChI=1S/C25H18FNO6/c1-30-20-9-4-3-8-18(20)24(28)32-21-11-10-15(13-22(21)31-2)12-19-25(29)33-23(27-19)16-6-5-7-17(26)14-16/h3-14H,1-2H3. The van der Waals surface area contributed by atoms with Gasteiger partial charge in [-0.2, -0.15) is 0 Å². The molecule has 0 atom stereocenters. The molecule has 3 aromatic rings. The van der Waals surface area contributed by atoms with E-state index in [1.165, 1.54) is 44.6 Å². The van der Waals surface area contributed by atoms with Gasteiger partial charge in [0.15, 0.2) is 17.2 Å². The van der Waals surface area contributed by atoms with Crippen molar-refractivity contribution in [3.63, 3.8) is 0 Å². The molecule has 0 spiro atoms. The van der Waals surface area contributed by atoms with E-state index in [2.05, 4.69) is 4.99 Å². The zero-order valence-electron chi connectivity index (χ0n) is 17.7. The first kappa shape index (κ1) is 21.8. The number of cyclic esters (lactones) is 1. The van der Waals surface area contributed by atoms with Crippen molar-refractivity contribution in [2.45, 2.75) is 0 Å². The van der Waals surface area contributed by atoms with Crippen LogP contribution in [0.1, 0.15) is 21.5 Å². The summed E-state index contributed by atoms with van der Waals surface area (Å²) in [5.74, 6) is -0.886. The Balaban J connectivity index is 1.58. The second-order valence-electron chi connectivity index (χ2n) is 6.85. The van der Waals surface area contributed by atoms with Crippen LogP contribution >= 0.6 is 0 Å². The van der Waals surface area contributed by atoms with Crippen molar-refractivity contribution in [2.24, 2.45) is 4.99 Å². The minimum Gasteiger partial charge on any atom is -0.496 e. The molecule has 7 nitrogen and oxygen atoms in total. The minimum atomic E-state index is -0.667. The maximum Gasteiger partial charge on any atom is 0.363 e. The van der Waals surface area contributed by atoms with Crippen molar-refractivity contribution in [2.75, 3.05) is 14.2 Å². The van der Waals surface area contributed by atoms with E-state index in [-0.39, 0.29) is 28.7 Å². The van der Waals surface area contributed by atoms with Gasteiger partial charge in [-0.15, -0.1) is 0 Å². The molecule has 0 fully saturated rings. The summed E-state index contributed by atoms with van der Waals surface area (Å²) in [5.41, 5.74) is 1.21. The maximum absolute atomic E-state index is 13.5. The number of rotatable bonds is 6. The highest BCUT2D eigenvalue weighted by Gasteiger charge is 2.24. The van der Waals surface area contributed by atoms with Crippen molar-refractivity contribution in [3.8, 4) is 17.2 Å². The van der Waals surface area contributed by atoms with Crippen molar-refractivity contribution in [1.29, 1.82) is 0 Å². The van der Waals surface area contributed by atoms with E-state index in [0.717, 1.165) is 0 Å². The van der Waals surface area contributed by atoms with E-state index < -0.39 is 17.8 Å². The molecule has 0 radical (unpaired) electrons. The van der Waals surface area contributed by atoms with Crippen LogP contribution in [0.2, 0.25) is 0 Å². The highest BCUT2D eigenvalue weighted by Crippen LogP contribution is 2.31. The molecule has 166 valence electrons. The van der Waals surface area contributed by atoms with Gasteiger partial charge in [0.25, 0.3) is 0 Å². The van der Waals surface area contributed by atoms with E-state index in [4.69, 9.17) is 18.9 Å². The molecule has 0 saturated carbocycles. The first-order valence-electron chi connectivity index (χ1n) is 9.80. The molecule has 3 aromatic carbocycles. The minimum absolute atomic E-state index is 0.0140. The number of halogens is 1. The van der Waals surface area contributed by atoms with Crippen LogP contribution in [-0.2, 0) is 9.53 Å². The topological polar surface area (TPSA) is 83.4 Å². The lowest BCUT2D eigenvalue weighted by Crippen LogP contribution is -2.10. The lowest BCUT2D eigenvalue weighted by Gasteiger charge is -2.11. The van der Waals surface area contributed by atoms with Crippen LogP contribution in [0.4, 0.5) is 4.39 Å². The third-order valence-electron chi connectivity index (χ3n) is 4.71. The number of hydrogen-bond donors (Lipinski definition) is 0. The normalized spacial score (nSPS) is 14.0. The highest BCUT2D eigenvalue weighted by molar-refractivity contribution is 6.12. The molecule has 0 aliphatic carbocycles. The fourth-order valence-electron chi connectivity index (χ4n) is 3.14. The third kappa shape index (κ3) is 4.74. The number of hydrogen-bond acceptors (Lipinski definition) is 7. The molecular formula is C25H18FNO6. The summed E-state index contributed by atoms with van der Waals surface area (Å²) in [4.78, 5) is 29.0. The largest absolute Gasteiger partial charge is 0.496 e. The molecular weight excluding hydrogens is 429 g/mol. The number of ether oxygens (including phenoxy) is 4. The molecule has 0 amide bonds. The number of methoxy groups -OCH3 is 2. The molecule has 0 saturated heterocycles. The quantitative estimate of drug-likeness (QED) is 0.316. The number of nitrogens with zero attached hydrogens (tertiary/aromatic N) is 1. The second-order valence-corrected chi connectivity index (χ2v) is 6.85. The number of carbonyl (C=O) groups is 2. The Labute approximate surface area is 188 Å². The number of carbonyl (C=O) groups excluding carboxylic acids is 2. The van der Waals surface area contributed by atoms with Crippen LogP contribution in [0, 0.1) is 5.82 Å². The SMILES string of the molecule is COc1cc(C=C2N=C(c3cccc(F)c3)OC2=O)ccc1OC(=O)c1ccccc1OC. The summed E-state index contributed by atoms with van der Waals surface area (Å²) in [6.45, 7) is 0. The average Bonchev–Trinajstić information content (AvgIpc) is 3.20. The van der Waals surface area contributed by atoms with E-state index in [1.54, 1.807) is 42.5 Å². The molecule has 0 aromatic heterocycles. The number of aliphatic imine (C=N–C) groups is 1. The van der Waals surface area contributed by atoms with Gasteiger partial charge in [0.1, 0.15) is 17.1 Å². The van der Waals surface area contributed by atoms with Gasteiger partial charge >= 0.3 is 11.9 Å². The van der Waals surface area contributed by atoms with Crippen molar-refractivity contribution >= 4 is 23.9 Å². The first-order chi connectivity index (χ1) is 16.0. The zero-order chi connectivity index (χ0) is 23.4.